The maximum Gasteiger partial charge on any atom is 0.256 e. The van der Waals surface area contributed by atoms with Gasteiger partial charge in [-0.25, -0.2) is 0 Å². The third-order valence-electron chi connectivity index (χ3n) is 6.45. The molecule has 1 unspecified atom stereocenters. The van der Waals surface area contributed by atoms with Crippen LogP contribution in [0.1, 0.15) is 33.5 Å². The predicted octanol–water partition coefficient (Wildman–Crippen LogP) is 4.67. The van der Waals surface area contributed by atoms with E-state index in [-0.39, 0.29) is 11.8 Å². The van der Waals surface area contributed by atoms with Crippen molar-refractivity contribution in [1.82, 2.24) is 9.80 Å². The van der Waals surface area contributed by atoms with Crippen molar-refractivity contribution in [2.75, 3.05) is 13.1 Å². The zero-order valence-corrected chi connectivity index (χ0v) is 17.9. The highest BCUT2D eigenvalue weighted by Crippen LogP contribution is 2.45. The van der Waals surface area contributed by atoms with Crippen LogP contribution in [-0.4, -0.2) is 34.7 Å². The lowest BCUT2D eigenvalue weighted by atomic mass is 9.83. The normalized spacial score (nSPS) is 19.8. The van der Waals surface area contributed by atoms with Crippen LogP contribution >= 0.6 is 11.6 Å². The van der Waals surface area contributed by atoms with E-state index in [1.807, 2.05) is 88.7 Å². The molecule has 1 saturated heterocycles. The van der Waals surface area contributed by atoms with Gasteiger partial charge in [0.2, 0.25) is 5.91 Å². The van der Waals surface area contributed by atoms with Crippen molar-refractivity contribution in [3.63, 3.8) is 0 Å². The van der Waals surface area contributed by atoms with Gasteiger partial charge in [-0.1, -0.05) is 72.3 Å². The maximum absolute atomic E-state index is 13.5. The molecule has 156 valence electrons. The standard InChI is InChI=1S/C26H23ClN2O2/c27-22-13-11-21(12-14-22)26-18-20-8-4-5-9-23(20)25(31)29(26)17-16-28(26)24(30)15-10-19-6-2-1-3-7-19/h1-9,11-14H,10,15-18H2. The van der Waals surface area contributed by atoms with E-state index >= 15 is 0 Å². The van der Waals surface area contributed by atoms with E-state index < -0.39 is 5.66 Å². The largest absolute Gasteiger partial charge is 0.313 e. The van der Waals surface area contributed by atoms with E-state index in [4.69, 9.17) is 11.6 Å². The molecule has 0 spiro atoms. The molecule has 2 aliphatic heterocycles. The second-order valence-corrected chi connectivity index (χ2v) is 8.58. The summed E-state index contributed by atoms with van der Waals surface area (Å²) in [5.74, 6) is 0.0450. The Hall–Kier alpha value is -3.11. The summed E-state index contributed by atoms with van der Waals surface area (Å²) in [6, 6.07) is 25.3. The molecule has 1 fully saturated rings. The molecule has 5 heteroatoms. The molecule has 2 amide bonds. The molecule has 31 heavy (non-hydrogen) atoms. The Kier molecular flexibility index (Phi) is 5.03. The Bertz CT molecular complexity index is 1130. The molecular weight excluding hydrogens is 408 g/mol. The highest BCUT2D eigenvalue weighted by molar-refractivity contribution is 6.30. The van der Waals surface area contributed by atoms with Crippen LogP contribution in [0.3, 0.4) is 0 Å². The molecule has 0 aromatic heterocycles. The van der Waals surface area contributed by atoms with Crippen LogP contribution in [-0.2, 0) is 23.3 Å². The summed E-state index contributed by atoms with van der Waals surface area (Å²) in [4.78, 5) is 30.7. The maximum atomic E-state index is 13.5. The topological polar surface area (TPSA) is 40.6 Å². The summed E-state index contributed by atoms with van der Waals surface area (Å²) in [5, 5.41) is 0.634. The predicted molar refractivity (Wildman–Crippen MR) is 121 cm³/mol. The summed E-state index contributed by atoms with van der Waals surface area (Å²) in [6.07, 6.45) is 1.66. The number of nitrogens with zero attached hydrogens (tertiary/aromatic N) is 2. The highest BCUT2D eigenvalue weighted by Gasteiger charge is 2.55. The van der Waals surface area contributed by atoms with Gasteiger partial charge in [0.25, 0.3) is 5.91 Å². The van der Waals surface area contributed by atoms with Crippen LogP contribution in [0.2, 0.25) is 5.02 Å². The van der Waals surface area contributed by atoms with Crippen LogP contribution in [0.5, 0.6) is 0 Å². The number of carbonyl (C=O) groups excluding carboxylic acids is 2. The number of fused-ring (bicyclic) bond motifs is 2. The van der Waals surface area contributed by atoms with Gasteiger partial charge < -0.3 is 9.80 Å². The van der Waals surface area contributed by atoms with Crippen molar-refractivity contribution in [3.8, 4) is 0 Å². The minimum Gasteiger partial charge on any atom is -0.313 e. The number of aryl methyl sites for hydroxylation is 1. The van der Waals surface area contributed by atoms with Crippen LogP contribution in [0.25, 0.3) is 0 Å². The number of halogens is 1. The number of rotatable bonds is 4. The molecule has 4 nitrogen and oxygen atoms in total. The fourth-order valence-electron chi connectivity index (χ4n) is 4.96. The van der Waals surface area contributed by atoms with Crippen molar-refractivity contribution in [2.24, 2.45) is 0 Å². The van der Waals surface area contributed by atoms with E-state index in [9.17, 15) is 9.59 Å². The monoisotopic (exact) mass is 430 g/mol. The molecule has 1 atom stereocenters. The Morgan fingerprint density at radius 2 is 1.61 bits per heavy atom. The summed E-state index contributed by atoms with van der Waals surface area (Å²) < 4.78 is 0. The molecular formula is C26H23ClN2O2. The molecule has 0 radical (unpaired) electrons. The van der Waals surface area contributed by atoms with E-state index in [0.29, 0.717) is 37.4 Å². The van der Waals surface area contributed by atoms with E-state index in [0.717, 1.165) is 22.3 Å². The fraction of sp³-hybridized carbons (Fsp3) is 0.231. The minimum absolute atomic E-state index is 0.0184. The smallest absolute Gasteiger partial charge is 0.256 e. The molecule has 0 aliphatic carbocycles. The van der Waals surface area contributed by atoms with Gasteiger partial charge in [-0.15, -0.1) is 0 Å². The highest BCUT2D eigenvalue weighted by atomic mass is 35.5. The molecule has 2 heterocycles. The molecule has 5 rings (SSSR count). The molecule has 3 aromatic carbocycles. The molecule has 0 bridgehead atoms. The number of amides is 2. The van der Waals surface area contributed by atoms with Crippen LogP contribution in [0.15, 0.2) is 78.9 Å². The molecule has 2 aliphatic rings. The third kappa shape index (κ3) is 3.31. The quantitative estimate of drug-likeness (QED) is 0.603. The second-order valence-electron chi connectivity index (χ2n) is 8.15. The molecule has 0 saturated carbocycles. The first-order chi connectivity index (χ1) is 15.1. The lowest BCUT2D eigenvalue weighted by Crippen LogP contribution is -2.58. The van der Waals surface area contributed by atoms with Gasteiger partial charge in [0.15, 0.2) is 0 Å². The third-order valence-corrected chi connectivity index (χ3v) is 6.70. The second kappa shape index (κ2) is 7.86. The molecule has 0 N–H and O–H groups in total. The van der Waals surface area contributed by atoms with Gasteiger partial charge in [-0.05, 0) is 41.3 Å². The molecule has 3 aromatic rings. The zero-order chi connectivity index (χ0) is 21.4. The average Bonchev–Trinajstić information content (AvgIpc) is 3.19. The van der Waals surface area contributed by atoms with Gasteiger partial charge in [0.05, 0.1) is 0 Å². The zero-order valence-electron chi connectivity index (χ0n) is 17.1. The van der Waals surface area contributed by atoms with E-state index in [1.54, 1.807) is 0 Å². The summed E-state index contributed by atoms with van der Waals surface area (Å²) >= 11 is 6.16. The summed E-state index contributed by atoms with van der Waals surface area (Å²) in [5.41, 5.74) is 2.94. The SMILES string of the molecule is O=C(CCc1ccccc1)N1CCN2C(=O)c3ccccc3CC12c1ccc(Cl)cc1. The lowest BCUT2D eigenvalue weighted by Gasteiger charge is -2.47. The Morgan fingerprint density at radius 3 is 2.39 bits per heavy atom. The Labute approximate surface area is 187 Å². The lowest BCUT2D eigenvalue weighted by molar-refractivity contribution is -0.139. The van der Waals surface area contributed by atoms with Gasteiger partial charge in [-0.2, -0.15) is 0 Å². The van der Waals surface area contributed by atoms with Gasteiger partial charge >= 0.3 is 0 Å². The van der Waals surface area contributed by atoms with E-state index in [1.165, 1.54) is 0 Å². The number of hydrogen-bond donors (Lipinski definition) is 0. The van der Waals surface area contributed by atoms with Crippen molar-refractivity contribution >= 4 is 23.4 Å². The van der Waals surface area contributed by atoms with Crippen molar-refractivity contribution in [3.05, 3.63) is 106 Å². The van der Waals surface area contributed by atoms with Gasteiger partial charge in [0, 0.05) is 36.5 Å². The minimum atomic E-state index is -0.816. The average molecular weight is 431 g/mol. The first kappa shape index (κ1) is 19.8. The van der Waals surface area contributed by atoms with Crippen molar-refractivity contribution < 1.29 is 9.59 Å². The van der Waals surface area contributed by atoms with Crippen LogP contribution in [0, 0.1) is 0 Å². The number of carbonyl (C=O) groups is 2. The van der Waals surface area contributed by atoms with Crippen molar-refractivity contribution in [2.45, 2.75) is 24.9 Å². The fourth-order valence-corrected chi connectivity index (χ4v) is 5.09. The van der Waals surface area contributed by atoms with Gasteiger partial charge in [0.1, 0.15) is 5.66 Å². The first-order valence-corrected chi connectivity index (χ1v) is 11.0. The van der Waals surface area contributed by atoms with Crippen molar-refractivity contribution in [1.29, 1.82) is 0 Å². The van der Waals surface area contributed by atoms with E-state index in [2.05, 4.69) is 0 Å². The number of benzene rings is 3. The van der Waals surface area contributed by atoms with Crippen LogP contribution in [0.4, 0.5) is 0 Å². The summed E-state index contributed by atoms with van der Waals surface area (Å²) in [7, 11) is 0. The Balaban J connectivity index is 1.55. The first-order valence-electron chi connectivity index (χ1n) is 10.6. The Morgan fingerprint density at radius 1 is 0.903 bits per heavy atom. The number of hydrogen-bond acceptors (Lipinski definition) is 2. The summed E-state index contributed by atoms with van der Waals surface area (Å²) in [6.45, 7) is 1.04. The van der Waals surface area contributed by atoms with Crippen LogP contribution < -0.4 is 0 Å². The van der Waals surface area contributed by atoms with Gasteiger partial charge in [-0.3, -0.25) is 9.59 Å².